The molecule has 3 N–H and O–H groups in total. The van der Waals surface area contributed by atoms with Crippen LogP contribution >= 0.6 is 0 Å². The maximum atomic E-state index is 12.0. The highest BCUT2D eigenvalue weighted by molar-refractivity contribution is 7.90. The number of nitrogens with two attached hydrogens (primary N) is 1. The molecular formula is C13H16N2O6S. The van der Waals surface area contributed by atoms with Crippen LogP contribution in [0.15, 0.2) is 23.1 Å². The van der Waals surface area contributed by atoms with Crippen molar-refractivity contribution in [2.45, 2.75) is 24.8 Å². The summed E-state index contributed by atoms with van der Waals surface area (Å²) < 4.78 is 27.9. The first-order chi connectivity index (χ1) is 10.0. The van der Waals surface area contributed by atoms with E-state index in [0.29, 0.717) is 5.56 Å². The van der Waals surface area contributed by atoms with Crippen molar-refractivity contribution >= 4 is 27.7 Å². The van der Waals surface area contributed by atoms with Crippen LogP contribution in [0.2, 0.25) is 0 Å². The number of primary amides is 1. The Labute approximate surface area is 127 Å². The molecule has 0 aliphatic heterocycles. The van der Waals surface area contributed by atoms with E-state index in [1.54, 1.807) is 12.2 Å². The van der Waals surface area contributed by atoms with Gasteiger partial charge in [0.2, 0.25) is 0 Å². The van der Waals surface area contributed by atoms with Crippen molar-refractivity contribution in [2.75, 3.05) is 6.26 Å². The van der Waals surface area contributed by atoms with Gasteiger partial charge in [0.15, 0.2) is 15.9 Å². The number of nitrogens with one attached hydrogen (secondary N) is 1. The van der Waals surface area contributed by atoms with E-state index in [9.17, 15) is 22.8 Å². The van der Waals surface area contributed by atoms with E-state index in [0.717, 1.165) is 6.26 Å². The largest absolute Gasteiger partial charge is 0.449 e. The quantitative estimate of drug-likeness (QED) is 0.755. The summed E-state index contributed by atoms with van der Waals surface area (Å²) in [6.07, 6.45) is -0.253. The molecule has 1 atom stereocenters. The topological polar surface area (TPSA) is 133 Å². The molecule has 0 radical (unpaired) electrons. The summed E-state index contributed by atoms with van der Waals surface area (Å²) in [5.74, 6) is -1.76. The maximum Gasteiger partial charge on any atom is 0.339 e. The van der Waals surface area contributed by atoms with Gasteiger partial charge in [0.25, 0.3) is 5.91 Å². The number of rotatable bonds is 4. The van der Waals surface area contributed by atoms with Crippen LogP contribution in [0.1, 0.15) is 22.8 Å². The molecule has 1 aromatic carbocycles. The fraction of sp³-hybridized carbons (Fsp3) is 0.308. The Bertz CT molecular complexity index is 726. The molecule has 0 aliphatic rings. The first kappa shape index (κ1) is 17.6. The normalized spacial score (nSPS) is 12.3. The Morgan fingerprint density at radius 2 is 1.86 bits per heavy atom. The third-order valence-corrected chi connectivity index (χ3v) is 3.87. The van der Waals surface area contributed by atoms with Gasteiger partial charge in [0.1, 0.15) is 0 Å². The Kier molecular flexibility index (Phi) is 5.26. The molecule has 3 amide bonds. The molecule has 1 unspecified atom stereocenters. The first-order valence-electron chi connectivity index (χ1n) is 6.14. The van der Waals surface area contributed by atoms with E-state index in [2.05, 4.69) is 0 Å². The number of imide groups is 1. The summed E-state index contributed by atoms with van der Waals surface area (Å²) in [5.41, 5.74) is 5.29. The second-order valence-electron chi connectivity index (χ2n) is 4.65. The molecule has 22 heavy (non-hydrogen) atoms. The molecule has 0 saturated carbocycles. The number of carbonyl (C=O) groups is 3. The molecule has 0 aliphatic carbocycles. The Hall–Kier alpha value is -2.42. The number of sulfone groups is 1. The Morgan fingerprint density at radius 3 is 2.36 bits per heavy atom. The minimum absolute atomic E-state index is 0.0154. The summed E-state index contributed by atoms with van der Waals surface area (Å²) in [5, 5.41) is 1.78. The van der Waals surface area contributed by atoms with Gasteiger partial charge in [-0.05, 0) is 31.5 Å². The molecular weight excluding hydrogens is 312 g/mol. The van der Waals surface area contributed by atoms with Gasteiger partial charge in [-0.2, -0.15) is 0 Å². The summed E-state index contributed by atoms with van der Waals surface area (Å²) in [6.45, 7) is 2.85. The van der Waals surface area contributed by atoms with Crippen molar-refractivity contribution in [1.82, 2.24) is 5.32 Å². The van der Waals surface area contributed by atoms with Crippen LogP contribution < -0.4 is 11.1 Å². The number of amides is 3. The number of hydrogen-bond donors (Lipinski definition) is 2. The average Bonchev–Trinajstić information content (AvgIpc) is 2.36. The lowest BCUT2D eigenvalue weighted by molar-refractivity contribution is -0.127. The number of hydrogen-bond acceptors (Lipinski definition) is 6. The Balaban J connectivity index is 2.99. The highest BCUT2D eigenvalue weighted by atomic mass is 32.2. The third-order valence-electron chi connectivity index (χ3n) is 2.76. The van der Waals surface area contributed by atoms with Crippen LogP contribution in [0.4, 0.5) is 4.79 Å². The fourth-order valence-electron chi connectivity index (χ4n) is 1.55. The molecule has 0 saturated heterocycles. The summed E-state index contributed by atoms with van der Waals surface area (Å²) >= 11 is 0. The molecule has 1 rings (SSSR count). The van der Waals surface area contributed by atoms with Gasteiger partial charge in [-0.1, -0.05) is 6.07 Å². The second kappa shape index (κ2) is 6.56. The van der Waals surface area contributed by atoms with E-state index in [4.69, 9.17) is 10.5 Å². The van der Waals surface area contributed by atoms with Gasteiger partial charge in [-0.3, -0.25) is 10.1 Å². The predicted octanol–water partition coefficient (Wildman–Crippen LogP) is 0.139. The molecule has 8 nitrogen and oxygen atoms in total. The molecule has 0 aromatic heterocycles. The average molecular weight is 328 g/mol. The van der Waals surface area contributed by atoms with Gasteiger partial charge < -0.3 is 10.5 Å². The number of esters is 1. The molecule has 0 fully saturated rings. The van der Waals surface area contributed by atoms with Crippen LogP contribution in [-0.4, -0.2) is 38.7 Å². The zero-order valence-corrected chi connectivity index (χ0v) is 13.1. The van der Waals surface area contributed by atoms with Gasteiger partial charge in [0, 0.05) is 6.26 Å². The van der Waals surface area contributed by atoms with Gasteiger partial charge in [-0.25, -0.2) is 18.0 Å². The fourth-order valence-corrected chi connectivity index (χ4v) is 2.20. The van der Waals surface area contributed by atoms with Crippen LogP contribution in [-0.2, 0) is 19.4 Å². The van der Waals surface area contributed by atoms with Crippen molar-refractivity contribution < 1.29 is 27.5 Å². The van der Waals surface area contributed by atoms with Gasteiger partial charge in [-0.15, -0.1) is 0 Å². The summed E-state index contributed by atoms with van der Waals surface area (Å²) in [6, 6.07) is 2.93. The highest BCUT2D eigenvalue weighted by Gasteiger charge is 2.22. The SMILES string of the molecule is Cc1ccc(S(C)(=O)=O)cc1C(=O)OC(C)C(=O)NC(N)=O. The summed E-state index contributed by atoms with van der Waals surface area (Å²) in [4.78, 5) is 34.0. The molecule has 1 aromatic rings. The summed E-state index contributed by atoms with van der Waals surface area (Å²) in [7, 11) is -3.48. The van der Waals surface area contributed by atoms with E-state index in [-0.39, 0.29) is 10.5 Å². The number of ether oxygens (including phenoxy) is 1. The molecule has 0 heterocycles. The van der Waals surface area contributed by atoms with Crippen molar-refractivity contribution in [3.63, 3.8) is 0 Å². The monoisotopic (exact) mass is 328 g/mol. The van der Waals surface area contributed by atoms with Crippen molar-refractivity contribution in [2.24, 2.45) is 5.73 Å². The predicted molar refractivity (Wildman–Crippen MR) is 76.9 cm³/mol. The third kappa shape index (κ3) is 4.55. The number of urea groups is 1. The first-order valence-corrected chi connectivity index (χ1v) is 8.03. The van der Waals surface area contributed by atoms with E-state index >= 15 is 0 Å². The minimum atomic E-state index is -3.48. The van der Waals surface area contributed by atoms with Crippen LogP contribution in [0.25, 0.3) is 0 Å². The second-order valence-corrected chi connectivity index (χ2v) is 6.67. The molecule has 0 spiro atoms. The van der Waals surface area contributed by atoms with Crippen molar-refractivity contribution in [3.8, 4) is 0 Å². The van der Waals surface area contributed by atoms with Gasteiger partial charge >= 0.3 is 12.0 Å². The standard InChI is InChI=1S/C13H16N2O6S/c1-7-4-5-9(22(3,19)20)6-10(7)12(17)21-8(2)11(16)15-13(14)18/h4-6,8H,1-3H3,(H3,14,15,16,18). The number of aryl methyl sites for hydroxylation is 1. The van der Waals surface area contributed by atoms with E-state index in [1.807, 2.05) is 0 Å². The molecule has 9 heteroatoms. The van der Waals surface area contributed by atoms with Crippen molar-refractivity contribution in [1.29, 1.82) is 0 Å². The smallest absolute Gasteiger partial charge is 0.339 e. The molecule has 120 valence electrons. The lowest BCUT2D eigenvalue weighted by Gasteiger charge is -2.13. The van der Waals surface area contributed by atoms with E-state index in [1.165, 1.54) is 25.1 Å². The van der Waals surface area contributed by atoms with Crippen LogP contribution in [0.3, 0.4) is 0 Å². The lowest BCUT2D eigenvalue weighted by atomic mass is 10.1. The lowest BCUT2D eigenvalue weighted by Crippen LogP contribution is -2.42. The van der Waals surface area contributed by atoms with Gasteiger partial charge in [0.05, 0.1) is 10.5 Å². The molecule has 0 bridgehead atoms. The number of carbonyl (C=O) groups excluding carboxylic acids is 3. The highest BCUT2D eigenvalue weighted by Crippen LogP contribution is 2.17. The van der Waals surface area contributed by atoms with E-state index < -0.39 is 33.8 Å². The van der Waals surface area contributed by atoms with Crippen LogP contribution in [0.5, 0.6) is 0 Å². The Morgan fingerprint density at radius 1 is 1.27 bits per heavy atom. The number of benzene rings is 1. The maximum absolute atomic E-state index is 12.0. The zero-order chi connectivity index (χ0) is 17.1. The zero-order valence-electron chi connectivity index (χ0n) is 12.2. The van der Waals surface area contributed by atoms with Crippen molar-refractivity contribution in [3.05, 3.63) is 29.3 Å². The van der Waals surface area contributed by atoms with Crippen LogP contribution in [0, 0.1) is 6.92 Å². The minimum Gasteiger partial charge on any atom is -0.449 e.